The standard InChI is InChI=1S/C13H17ClN2O/c1-16-11-3-2-8(14)6-9(11)13(15)10-7-17-5-4-12(10)16/h2-3,6,10,12-13H,4-5,7,15H2,1H3. The molecule has 0 radical (unpaired) electrons. The molecular weight excluding hydrogens is 236 g/mol. The fourth-order valence-electron chi connectivity index (χ4n) is 3.10. The molecule has 0 bridgehead atoms. The molecule has 1 saturated heterocycles. The molecule has 0 amide bonds. The van der Waals surface area contributed by atoms with Gasteiger partial charge in [-0.05, 0) is 30.2 Å². The lowest BCUT2D eigenvalue weighted by Gasteiger charge is -2.47. The zero-order valence-corrected chi connectivity index (χ0v) is 10.7. The maximum Gasteiger partial charge on any atom is 0.0532 e. The van der Waals surface area contributed by atoms with Crippen molar-refractivity contribution in [3.05, 3.63) is 28.8 Å². The highest BCUT2D eigenvalue weighted by Gasteiger charge is 2.39. The van der Waals surface area contributed by atoms with Crippen LogP contribution in [0.4, 0.5) is 5.69 Å². The van der Waals surface area contributed by atoms with Crippen molar-refractivity contribution in [1.82, 2.24) is 0 Å². The molecule has 2 heterocycles. The van der Waals surface area contributed by atoms with Gasteiger partial charge in [-0.2, -0.15) is 0 Å². The fourth-order valence-corrected chi connectivity index (χ4v) is 3.28. The maximum absolute atomic E-state index is 6.37. The Hall–Kier alpha value is -0.770. The van der Waals surface area contributed by atoms with E-state index in [1.807, 2.05) is 12.1 Å². The Labute approximate surface area is 106 Å². The Morgan fingerprint density at radius 1 is 1.47 bits per heavy atom. The average molecular weight is 253 g/mol. The van der Waals surface area contributed by atoms with Crippen LogP contribution in [0, 0.1) is 5.92 Å². The molecule has 4 heteroatoms. The molecule has 0 spiro atoms. The summed E-state index contributed by atoms with van der Waals surface area (Å²) < 4.78 is 5.56. The van der Waals surface area contributed by atoms with Crippen LogP contribution >= 0.6 is 11.6 Å². The van der Waals surface area contributed by atoms with Crippen molar-refractivity contribution in [2.75, 3.05) is 25.2 Å². The number of halogens is 1. The Balaban J connectivity index is 2.07. The van der Waals surface area contributed by atoms with E-state index >= 15 is 0 Å². The van der Waals surface area contributed by atoms with Crippen molar-refractivity contribution in [3.8, 4) is 0 Å². The van der Waals surface area contributed by atoms with Gasteiger partial charge < -0.3 is 15.4 Å². The lowest BCUT2D eigenvalue weighted by atomic mass is 9.80. The molecule has 92 valence electrons. The second-order valence-electron chi connectivity index (χ2n) is 4.93. The number of rotatable bonds is 0. The number of hydrogen-bond donors (Lipinski definition) is 1. The zero-order chi connectivity index (χ0) is 12.0. The van der Waals surface area contributed by atoms with E-state index in [2.05, 4.69) is 18.0 Å². The van der Waals surface area contributed by atoms with E-state index in [9.17, 15) is 0 Å². The van der Waals surface area contributed by atoms with Gasteiger partial charge in [-0.3, -0.25) is 0 Å². The monoisotopic (exact) mass is 252 g/mol. The maximum atomic E-state index is 6.37. The summed E-state index contributed by atoms with van der Waals surface area (Å²) in [6.07, 6.45) is 1.05. The van der Waals surface area contributed by atoms with Crippen LogP contribution in [0.25, 0.3) is 0 Å². The first-order chi connectivity index (χ1) is 8.18. The summed E-state index contributed by atoms with van der Waals surface area (Å²) in [5.41, 5.74) is 8.72. The predicted octanol–water partition coefficient (Wildman–Crippen LogP) is 2.19. The lowest BCUT2D eigenvalue weighted by molar-refractivity contribution is 0.0272. The second-order valence-corrected chi connectivity index (χ2v) is 5.37. The summed E-state index contributed by atoms with van der Waals surface area (Å²) in [4.78, 5) is 2.34. The molecule has 3 nitrogen and oxygen atoms in total. The molecule has 1 fully saturated rings. The van der Waals surface area contributed by atoms with Crippen LogP contribution in [0.5, 0.6) is 0 Å². The highest BCUT2D eigenvalue weighted by Crippen LogP contribution is 2.42. The van der Waals surface area contributed by atoms with E-state index < -0.39 is 0 Å². The number of nitrogens with zero attached hydrogens (tertiary/aromatic N) is 1. The van der Waals surface area contributed by atoms with E-state index in [0.29, 0.717) is 12.0 Å². The molecule has 0 aliphatic carbocycles. The quantitative estimate of drug-likeness (QED) is 0.769. The number of hydrogen-bond acceptors (Lipinski definition) is 3. The Bertz CT molecular complexity index is 437. The third-order valence-electron chi connectivity index (χ3n) is 4.05. The van der Waals surface area contributed by atoms with Crippen LogP contribution in [0.15, 0.2) is 18.2 Å². The smallest absolute Gasteiger partial charge is 0.0532 e. The molecular formula is C13H17ClN2O. The van der Waals surface area contributed by atoms with Crippen molar-refractivity contribution in [2.45, 2.75) is 18.5 Å². The van der Waals surface area contributed by atoms with Crippen LogP contribution < -0.4 is 10.6 Å². The second kappa shape index (κ2) is 4.16. The van der Waals surface area contributed by atoms with Gasteiger partial charge in [-0.1, -0.05) is 11.6 Å². The minimum absolute atomic E-state index is 0.0326. The van der Waals surface area contributed by atoms with Crippen molar-refractivity contribution in [3.63, 3.8) is 0 Å². The summed E-state index contributed by atoms with van der Waals surface area (Å²) in [5, 5.41) is 0.753. The van der Waals surface area contributed by atoms with Crippen LogP contribution in [-0.4, -0.2) is 26.3 Å². The predicted molar refractivity (Wildman–Crippen MR) is 69.5 cm³/mol. The van der Waals surface area contributed by atoms with Crippen LogP contribution in [0.1, 0.15) is 18.0 Å². The SMILES string of the molecule is CN1c2ccc(Cl)cc2C(N)C2COCCC21. The van der Waals surface area contributed by atoms with Gasteiger partial charge in [0.25, 0.3) is 0 Å². The average Bonchev–Trinajstić information content (AvgIpc) is 2.36. The van der Waals surface area contributed by atoms with Crippen molar-refractivity contribution in [1.29, 1.82) is 0 Å². The van der Waals surface area contributed by atoms with E-state index in [1.54, 1.807) is 0 Å². The van der Waals surface area contributed by atoms with Gasteiger partial charge in [0.15, 0.2) is 0 Å². The summed E-state index contributed by atoms with van der Waals surface area (Å²) in [5.74, 6) is 0.375. The van der Waals surface area contributed by atoms with Crippen molar-refractivity contribution >= 4 is 17.3 Å². The fraction of sp³-hybridized carbons (Fsp3) is 0.538. The molecule has 2 N–H and O–H groups in total. The molecule has 2 aliphatic rings. The molecule has 1 aromatic rings. The van der Waals surface area contributed by atoms with Gasteiger partial charge >= 0.3 is 0 Å². The lowest BCUT2D eigenvalue weighted by Crippen LogP contribution is -2.51. The van der Waals surface area contributed by atoms with Gasteiger partial charge in [0.05, 0.1) is 6.61 Å². The molecule has 3 atom stereocenters. The van der Waals surface area contributed by atoms with Gasteiger partial charge in [0.1, 0.15) is 0 Å². The molecule has 3 unspecified atom stereocenters. The molecule has 0 aromatic heterocycles. The van der Waals surface area contributed by atoms with Crippen molar-refractivity contribution in [2.24, 2.45) is 11.7 Å². The van der Waals surface area contributed by atoms with Crippen LogP contribution in [-0.2, 0) is 4.74 Å². The minimum atomic E-state index is 0.0326. The van der Waals surface area contributed by atoms with Crippen molar-refractivity contribution < 1.29 is 4.74 Å². The number of anilines is 1. The number of benzene rings is 1. The van der Waals surface area contributed by atoms with E-state index in [-0.39, 0.29) is 6.04 Å². The Morgan fingerprint density at radius 3 is 3.12 bits per heavy atom. The molecule has 2 aliphatic heterocycles. The molecule has 17 heavy (non-hydrogen) atoms. The first-order valence-electron chi connectivity index (χ1n) is 6.04. The Morgan fingerprint density at radius 2 is 2.29 bits per heavy atom. The highest BCUT2D eigenvalue weighted by atomic mass is 35.5. The van der Waals surface area contributed by atoms with Crippen LogP contribution in [0.3, 0.4) is 0 Å². The van der Waals surface area contributed by atoms with E-state index in [0.717, 1.165) is 30.2 Å². The van der Waals surface area contributed by atoms with Gasteiger partial charge in [-0.25, -0.2) is 0 Å². The minimum Gasteiger partial charge on any atom is -0.381 e. The van der Waals surface area contributed by atoms with E-state index in [1.165, 1.54) is 5.69 Å². The first-order valence-corrected chi connectivity index (χ1v) is 6.42. The topological polar surface area (TPSA) is 38.5 Å². The largest absolute Gasteiger partial charge is 0.381 e. The van der Waals surface area contributed by atoms with Gasteiger partial charge in [0.2, 0.25) is 0 Å². The first kappa shape index (κ1) is 11.3. The van der Waals surface area contributed by atoms with Gasteiger partial charge in [0, 0.05) is 42.4 Å². The highest BCUT2D eigenvalue weighted by molar-refractivity contribution is 6.30. The molecule has 0 saturated carbocycles. The van der Waals surface area contributed by atoms with E-state index in [4.69, 9.17) is 22.1 Å². The summed E-state index contributed by atoms with van der Waals surface area (Å²) in [6, 6.07) is 6.52. The summed E-state index contributed by atoms with van der Waals surface area (Å²) in [6.45, 7) is 1.59. The zero-order valence-electron chi connectivity index (χ0n) is 9.90. The Kier molecular flexibility index (Phi) is 2.77. The third kappa shape index (κ3) is 1.73. The number of ether oxygens (including phenoxy) is 1. The van der Waals surface area contributed by atoms with Gasteiger partial charge in [-0.15, -0.1) is 0 Å². The third-order valence-corrected chi connectivity index (χ3v) is 4.28. The summed E-state index contributed by atoms with van der Waals surface area (Å²) in [7, 11) is 2.14. The number of nitrogens with two attached hydrogens (primary N) is 1. The summed E-state index contributed by atoms with van der Waals surface area (Å²) >= 11 is 6.06. The normalized spacial score (nSPS) is 31.9. The van der Waals surface area contributed by atoms with Crippen LogP contribution in [0.2, 0.25) is 5.02 Å². The molecule has 3 rings (SSSR count). The molecule has 1 aromatic carbocycles. The number of fused-ring (bicyclic) bond motifs is 2.